The van der Waals surface area contributed by atoms with Gasteiger partial charge in [0.15, 0.2) is 5.11 Å². The first-order valence-corrected chi connectivity index (χ1v) is 6.59. The summed E-state index contributed by atoms with van der Waals surface area (Å²) in [6.45, 7) is 1.80. The predicted octanol–water partition coefficient (Wildman–Crippen LogP) is 3.93. The zero-order valence-electron chi connectivity index (χ0n) is 11.4. The first kappa shape index (κ1) is 16.0. The Hall–Kier alpha value is -2.35. The number of halogens is 3. The van der Waals surface area contributed by atoms with Crippen molar-refractivity contribution in [1.29, 1.82) is 0 Å². The van der Waals surface area contributed by atoms with Crippen LogP contribution in [0.5, 0.6) is 0 Å². The molecule has 0 unspecified atom stereocenters. The summed E-state index contributed by atoms with van der Waals surface area (Å²) < 4.78 is 43.0. The number of aryl methyl sites for hydroxylation is 1. The van der Waals surface area contributed by atoms with Gasteiger partial charge in [-0.2, -0.15) is 18.3 Å². The Kier molecular flexibility index (Phi) is 4.81. The maximum atomic E-state index is 12.6. The highest BCUT2D eigenvalue weighted by Gasteiger charge is 2.30. The van der Waals surface area contributed by atoms with Gasteiger partial charge < -0.3 is 9.73 Å². The third-order valence-electron chi connectivity index (χ3n) is 2.57. The third-order valence-corrected chi connectivity index (χ3v) is 2.76. The second kappa shape index (κ2) is 6.61. The molecular weight excluding hydrogens is 315 g/mol. The van der Waals surface area contributed by atoms with E-state index in [1.165, 1.54) is 18.3 Å². The Labute approximate surface area is 130 Å². The summed E-state index contributed by atoms with van der Waals surface area (Å²) in [6.07, 6.45) is -2.99. The highest BCUT2D eigenvalue weighted by molar-refractivity contribution is 7.80. The number of hydrazone groups is 1. The fraction of sp³-hybridized carbons (Fsp3) is 0.143. The largest absolute Gasteiger partial charge is 0.460 e. The fourth-order valence-corrected chi connectivity index (χ4v) is 1.78. The van der Waals surface area contributed by atoms with Crippen molar-refractivity contribution in [1.82, 2.24) is 5.43 Å². The Balaban J connectivity index is 1.93. The quantitative estimate of drug-likeness (QED) is 0.509. The van der Waals surface area contributed by atoms with Gasteiger partial charge in [0, 0.05) is 5.69 Å². The van der Waals surface area contributed by atoms with E-state index >= 15 is 0 Å². The van der Waals surface area contributed by atoms with Crippen LogP contribution in [0.25, 0.3) is 0 Å². The molecule has 0 aliphatic rings. The van der Waals surface area contributed by atoms with Crippen LogP contribution < -0.4 is 10.7 Å². The number of nitrogens with one attached hydrogen (secondary N) is 2. The van der Waals surface area contributed by atoms with Gasteiger partial charge in [0.25, 0.3) is 0 Å². The summed E-state index contributed by atoms with van der Waals surface area (Å²) in [7, 11) is 0. The SMILES string of the molecule is Cc1ccc(/C=N\NC(=S)Nc2cccc(C(F)(F)F)c2)o1. The van der Waals surface area contributed by atoms with Crippen LogP contribution in [0.4, 0.5) is 18.9 Å². The number of rotatable bonds is 3. The average molecular weight is 327 g/mol. The minimum atomic E-state index is -4.40. The van der Waals surface area contributed by atoms with Crippen LogP contribution >= 0.6 is 12.2 Å². The van der Waals surface area contributed by atoms with Crippen molar-refractivity contribution in [2.45, 2.75) is 13.1 Å². The van der Waals surface area contributed by atoms with Crippen LogP contribution in [-0.2, 0) is 6.18 Å². The number of hydrogen-bond acceptors (Lipinski definition) is 3. The molecule has 0 bridgehead atoms. The van der Waals surface area contributed by atoms with Crippen molar-refractivity contribution >= 4 is 29.2 Å². The van der Waals surface area contributed by atoms with Crippen LogP contribution in [0.15, 0.2) is 45.9 Å². The van der Waals surface area contributed by atoms with Gasteiger partial charge in [-0.1, -0.05) is 6.07 Å². The summed E-state index contributed by atoms with van der Waals surface area (Å²) in [5.41, 5.74) is 1.96. The minimum Gasteiger partial charge on any atom is -0.460 e. The molecule has 0 aliphatic heterocycles. The Morgan fingerprint density at radius 3 is 2.68 bits per heavy atom. The first-order chi connectivity index (χ1) is 10.3. The van der Waals surface area contributed by atoms with Crippen LogP contribution in [0, 0.1) is 6.92 Å². The topological polar surface area (TPSA) is 49.6 Å². The second-order valence-electron chi connectivity index (χ2n) is 4.35. The summed E-state index contributed by atoms with van der Waals surface area (Å²) in [6, 6.07) is 8.22. The molecule has 1 aromatic carbocycles. The number of alkyl halides is 3. The molecule has 1 aromatic heterocycles. The van der Waals surface area contributed by atoms with Gasteiger partial charge in [0.2, 0.25) is 0 Å². The molecule has 2 N–H and O–H groups in total. The predicted molar refractivity (Wildman–Crippen MR) is 81.8 cm³/mol. The summed E-state index contributed by atoms with van der Waals surface area (Å²) in [4.78, 5) is 0. The second-order valence-corrected chi connectivity index (χ2v) is 4.76. The highest BCUT2D eigenvalue weighted by Crippen LogP contribution is 2.30. The molecule has 0 atom stereocenters. The smallest absolute Gasteiger partial charge is 0.416 e. The van der Waals surface area contributed by atoms with Crippen molar-refractivity contribution in [3.63, 3.8) is 0 Å². The van der Waals surface area contributed by atoms with Crippen LogP contribution in [-0.4, -0.2) is 11.3 Å². The molecule has 1 heterocycles. The molecule has 116 valence electrons. The molecule has 8 heteroatoms. The average Bonchev–Trinajstić information content (AvgIpc) is 2.84. The number of hydrogen-bond donors (Lipinski definition) is 2. The van der Waals surface area contributed by atoms with Crippen molar-refractivity contribution in [2.24, 2.45) is 5.10 Å². The lowest BCUT2D eigenvalue weighted by molar-refractivity contribution is -0.137. The maximum Gasteiger partial charge on any atom is 0.416 e. The minimum absolute atomic E-state index is 0.0684. The molecule has 0 saturated carbocycles. The molecule has 0 saturated heterocycles. The van der Waals surface area contributed by atoms with Gasteiger partial charge in [-0.15, -0.1) is 0 Å². The first-order valence-electron chi connectivity index (χ1n) is 6.18. The summed E-state index contributed by atoms with van der Waals surface area (Å²) >= 11 is 4.95. The van der Waals surface area contributed by atoms with Crippen molar-refractivity contribution in [3.05, 3.63) is 53.5 Å². The van der Waals surface area contributed by atoms with Crippen molar-refractivity contribution in [2.75, 3.05) is 5.32 Å². The molecule has 4 nitrogen and oxygen atoms in total. The number of anilines is 1. The standard InChI is InChI=1S/C14H12F3N3OS/c1-9-5-6-12(21-9)8-18-20-13(22)19-11-4-2-3-10(7-11)14(15,16)17/h2-8H,1H3,(H2,19,20,22)/b18-8-. The van der Waals surface area contributed by atoms with E-state index in [0.29, 0.717) is 5.76 Å². The van der Waals surface area contributed by atoms with E-state index < -0.39 is 11.7 Å². The van der Waals surface area contributed by atoms with Gasteiger partial charge in [0.05, 0.1) is 11.8 Å². The van der Waals surface area contributed by atoms with E-state index in [1.807, 2.05) is 0 Å². The van der Waals surface area contributed by atoms with Crippen LogP contribution in [0.1, 0.15) is 17.1 Å². The van der Waals surface area contributed by atoms with Gasteiger partial charge in [-0.25, -0.2) is 0 Å². The molecule has 0 radical (unpaired) electrons. The van der Waals surface area contributed by atoms with E-state index in [-0.39, 0.29) is 10.8 Å². The molecular formula is C14H12F3N3OS. The number of furan rings is 1. The fourth-order valence-electron chi connectivity index (χ4n) is 1.61. The van der Waals surface area contributed by atoms with Gasteiger partial charge in [0.1, 0.15) is 11.5 Å². The lowest BCUT2D eigenvalue weighted by Crippen LogP contribution is -2.24. The molecule has 0 spiro atoms. The molecule has 0 fully saturated rings. The van der Waals surface area contributed by atoms with Crippen LogP contribution in [0.3, 0.4) is 0 Å². The van der Waals surface area contributed by atoms with Gasteiger partial charge in [-0.05, 0) is 49.5 Å². The summed E-state index contributed by atoms with van der Waals surface area (Å²) in [5, 5.41) is 6.52. The van der Waals surface area contributed by atoms with Gasteiger partial charge >= 0.3 is 6.18 Å². The lowest BCUT2D eigenvalue weighted by Gasteiger charge is -2.10. The molecule has 2 rings (SSSR count). The zero-order chi connectivity index (χ0) is 16.2. The lowest BCUT2D eigenvalue weighted by atomic mass is 10.2. The molecule has 0 aliphatic carbocycles. The number of thiocarbonyl (C=S) groups is 1. The number of benzene rings is 1. The monoisotopic (exact) mass is 327 g/mol. The molecule has 22 heavy (non-hydrogen) atoms. The zero-order valence-corrected chi connectivity index (χ0v) is 12.3. The van der Waals surface area contributed by atoms with E-state index in [4.69, 9.17) is 16.6 Å². The third kappa shape index (κ3) is 4.59. The van der Waals surface area contributed by atoms with Crippen molar-refractivity contribution < 1.29 is 17.6 Å². The normalized spacial score (nSPS) is 11.6. The number of nitrogens with zero attached hydrogens (tertiary/aromatic N) is 1. The molecule has 0 amide bonds. The maximum absolute atomic E-state index is 12.6. The Bertz CT molecular complexity index is 695. The van der Waals surface area contributed by atoms with Gasteiger partial charge in [-0.3, -0.25) is 5.43 Å². The molecule has 2 aromatic rings. The Morgan fingerprint density at radius 2 is 2.05 bits per heavy atom. The summed E-state index contributed by atoms with van der Waals surface area (Å²) in [5.74, 6) is 1.28. The van der Waals surface area contributed by atoms with E-state index in [1.54, 1.807) is 19.1 Å². The van der Waals surface area contributed by atoms with E-state index in [0.717, 1.165) is 17.9 Å². The van der Waals surface area contributed by atoms with Crippen LogP contribution in [0.2, 0.25) is 0 Å². The van der Waals surface area contributed by atoms with Crippen molar-refractivity contribution in [3.8, 4) is 0 Å². The Morgan fingerprint density at radius 1 is 1.27 bits per heavy atom. The highest BCUT2D eigenvalue weighted by atomic mass is 32.1. The van der Waals surface area contributed by atoms with E-state index in [9.17, 15) is 13.2 Å². The van der Waals surface area contributed by atoms with E-state index in [2.05, 4.69) is 15.8 Å².